The van der Waals surface area contributed by atoms with Gasteiger partial charge in [0.25, 0.3) is 5.56 Å². The van der Waals surface area contributed by atoms with Gasteiger partial charge >= 0.3 is 0 Å². The van der Waals surface area contributed by atoms with Crippen molar-refractivity contribution in [3.8, 4) is 11.1 Å². The van der Waals surface area contributed by atoms with E-state index in [-0.39, 0.29) is 5.56 Å². The molecular weight excluding hydrogens is 281 g/mol. The lowest BCUT2D eigenvalue weighted by molar-refractivity contribution is 0.798. The average Bonchev–Trinajstić information content (AvgIpc) is 3.28. The average molecular weight is 301 g/mol. The molecule has 0 radical (unpaired) electrons. The Kier molecular flexibility index (Phi) is 3.81. The summed E-state index contributed by atoms with van der Waals surface area (Å²) in [6.07, 6.45) is 4.23. The Hall–Kier alpha value is -1.67. The molecule has 0 spiro atoms. The normalized spacial score (nSPS) is 14.2. The van der Waals surface area contributed by atoms with Crippen LogP contribution in [-0.2, 0) is 7.05 Å². The van der Waals surface area contributed by atoms with Crippen molar-refractivity contribution in [3.05, 3.63) is 40.3 Å². The molecule has 0 aliphatic heterocycles. The molecule has 1 aliphatic rings. The number of nitrogens with one attached hydrogen (secondary N) is 1. The summed E-state index contributed by atoms with van der Waals surface area (Å²) < 4.78 is 1.60. The molecule has 1 fully saturated rings. The number of hydrogen-bond donors (Lipinski definition) is 1. The summed E-state index contributed by atoms with van der Waals surface area (Å²) in [5.41, 5.74) is 2.72. The minimum Gasteiger partial charge on any atom is -0.355 e. The van der Waals surface area contributed by atoms with Gasteiger partial charge in [-0.2, -0.15) is 0 Å². The molecule has 0 saturated heterocycles. The fourth-order valence-electron chi connectivity index (χ4n) is 2.27. The van der Waals surface area contributed by atoms with Crippen LogP contribution in [0.4, 0.5) is 5.95 Å². The molecule has 5 heteroatoms. The molecule has 1 aromatic carbocycles. The van der Waals surface area contributed by atoms with Gasteiger partial charge in [0, 0.05) is 19.8 Å². The van der Waals surface area contributed by atoms with Crippen LogP contribution in [0, 0.1) is 12.8 Å². The van der Waals surface area contributed by atoms with E-state index in [0.717, 1.165) is 23.3 Å². The molecule has 0 amide bonds. The lowest BCUT2D eigenvalue weighted by atomic mass is 10.1. The van der Waals surface area contributed by atoms with Gasteiger partial charge < -0.3 is 5.32 Å². The second-order valence-corrected chi connectivity index (χ2v) is 6.38. The van der Waals surface area contributed by atoms with E-state index in [1.165, 1.54) is 18.4 Å². The summed E-state index contributed by atoms with van der Waals surface area (Å²) >= 11 is 0. The summed E-state index contributed by atoms with van der Waals surface area (Å²) in [6.45, 7) is 2.95. The molecule has 1 atom stereocenters. The SMILES string of the molecule is Cc1ccc(-c2cnc(NCC3CC3)n(C)c2=O)cc1P. The van der Waals surface area contributed by atoms with Crippen LogP contribution in [0.2, 0.25) is 0 Å². The molecule has 3 rings (SSSR count). The van der Waals surface area contributed by atoms with Crippen LogP contribution < -0.4 is 16.2 Å². The van der Waals surface area contributed by atoms with Gasteiger partial charge in [-0.3, -0.25) is 9.36 Å². The van der Waals surface area contributed by atoms with E-state index >= 15 is 0 Å². The Bertz CT molecular complexity index is 735. The van der Waals surface area contributed by atoms with Crippen LogP contribution in [0.1, 0.15) is 18.4 Å². The minimum absolute atomic E-state index is 0.0171. The highest BCUT2D eigenvalue weighted by atomic mass is 31.0. The maximum atomic E-state index is 12.5. The quantitative estimate of drug-likeness (QED) is 0.880. The van der Waals surface area contributed by atoms with Gasteiger partial charge in [-0.25, -0.2) is 4.98 Å². The molecule has 4 nitrogen and oxygen atoms in total. The summed E-state index contributed by atoms with van der Waals surface area (Å²) in [4.78, 5) is 16.9. The molecule has 21 heavy (non-hydrogen) atoms. The molecule has 1 heterocycles. The van der Waals surface area contributed by atoms with Gasteiger partial charge in [0.2, 0.25) is 5.95 Å². The third kappa shape index (κ3) is 3.01. The Morgan fingerprint density at radius 1 is 1.43 bits per heavy atom. The Morgan fingerprint density at radius 2 is 2.19 bits per heavy atom. The molecular formula is C16H20N3OP. The second-order valence-electron chi connectivity index (χ2n) is 5.76. The van der Waals surface area contributed by atoms with Gasteiger partial charge in [-0.15, -0.1) is 9.24 Å². The fourth-order valence-corrected chi connectivity index (χ4v) is 2.55. The molecule has 1 aliphatic carbocycles. The summed E-state index contributed by atoms with van der Waals surface area (Å²) in [7, 11) is 4.47. The molecule has 1 saturated carbocycles. The second kappa shape index (κ2) is 5.61. The van der Waals surface area contributed by atoms with E-state index in [2.05, 4.69) is 19.5 Å². The lowest BCUT2D eigenvalue weighted by Gasteiger charge is -2.11. The van der Waals surface area contributed by atoms with E-state index in [1.54, 1.807) is 17.8 Å². The van der Waals surface area contributed by atoms with Crippen molar-refractivity contribution in [1.29, 1.82) is 0 Å². The van der Waals surface area contributed by atoms with Crippen molar-refractivity contribution in [2.75, 3.05) is 11.9 Å². The van der Waals surface area contributed by atoms with Crippen molar-refractivity contribution in [3.63, 3.8) is 0 Å². The van der Waals surface area contributed by atoms with E-state index in [4.69, 9.17) is 0 Å². The third-order valence-electron chi connectivity index (χ3n) is 4.00. The standard InChI is InChI=1S/C16H20N3OP/c1-10-3-6-12(7-14(10)21)13-9-18-16(19(2)15(13)20)17-8-11-4-5-11/h3,6-7,9,11H,4-5,8,21H2,1-2H3,(H,17,18). The smallest absolute Gasteiger partial charge is 0.262 e. The summed E-state index contributed by atoms with van der Waals surface area (Å²) in [6, 6.07) is 6.00. The number of rotatable bonds is 4. The summed E-state index contributed by atoms with van der Waals surface area (Å²) in [5, 5.41) is 4.36. The molecule has 110 valence electrons. The predicted octanol–water partition coefficient (Wildman–Crippen LogP) is 2.08. The monoisotopic (exact) mass is 301 g/mol. The first-order valence-electron chi connectivity index (χ1n) is 7.22. The number of anilines is 1. The van der Waals surface area contributed by atoms with Gasteiger partial charge in [-0.1, -0.05) is 12.1 Å². The van der Waals surface area contributed by atoms with Crippen molar-refractivity contribution < 1.29 is 0 Å². The first-order valence-corrected chi connectivity index (χ1v) is 7.80. The van der Waals surface area contributed by atoms with E-state index < -0.39 is 0 Å². The van der Waals surface area contributed by atoms with Crippen molar-refractivity contribution in [2.24, 2.45) is 13.0 Å². The molecule has 0 bridgehead atoms. The van der Waals surface area contributed by atoms with Crippen LogP contribution >= 0.6 is 9.24 Å². The van der Waals surface area contributed by atoms with Crippen LogP contribution in [-0.4, -0.2) is 16.1 Å². The highest BCUT2D eigenvalue weighted by molar-refractivity contribution is 7.27. The predicted molar refractivity (Wildman–Crippen MR) is 90.2 cm³/mol. The topological polar surface area (TPSA) is 46.9 Å². The van der Waals surface area contributed by atoms with Crippen molar-refractivity contribution in [2.45, 2.75) is 19.8 Å². The summed E-state index contributed by atoms with van der Waals surface area (Å²) in [5.74, 6) is 1.40. The largest absolute Gasteiger partial charge is 0.355 e. The number of hydrogen-bond acceptors (Lipinski definition) is 3. The highest BCUT2D eigenvalue weighted by Crippen LogP contribution is 2.28. The first-order chi connectivity index (χ1) is 10.1. The van der Waals surface area contributed by atoms with Crippen LogP contribution in [0.5, 0.6) is 0 Å². The number of aromatic nitrogens is 2. The van der Waals surface area contributed by atoms with E-state index in [1.807, 2.05) is 25.1 Å². The Balaban J connectivity index is 1.93. The van der Waals surface area contributed by atoms with E-state index in [0.29, 0.717) is 11.5 Å². The molecule has 2 aromatic rings. The number of benzene rings is 1. The van der Waals surface area contributed by atoms with Crippen molar-refractivity contribution >= 4 is 20.5 Å². The maximum absolute atomic E-state index is 12.5. The van der Waals surface area contributed by atoms with Crippen LogP contribution in [0.15, 0.2) is 29.2 Å². The third-order valence-corrected chi connectivity index (χ3v) is 4.63. The Morgan fingerprint density at radius 3 is 2.86 bits per heavy atom. The number of aryl methyl sites for hydroxylation is 1. The first kappa shape index (κ1) is 14.3. The number of nitrogens with zero attached hydrogens (tertiary/aromatic N) is 2. The van der Waals surface area contributed by atoms with Gasteiger partial charge in [0.15, 0.2) is 0 Å². The zero-order valence-corrected chi connectivity index (χ0v) is 13.5. The molecule has 1 N–H and O–H groups in total. The molecule has 1 aromatic heterocycles. The maximum Gasteiger partial charge on any atom is 0.262 e. The van der Waals surface area contributed by atoms with Gasteiger partial charge in [-0.05, 0) is 48.2 Å². The van der Waals surface area contributed by atoms with Gasteiger partial charge in [0.1, 0.15) is 0 Å². The van der Waals surface area contributed by atoms with Crippen LogP contribution in [0.25, 0.3) is 11.1 Å². The van der Waals surface area contributed by atoms with Gasteiger partial charge in [0.05, 0.1) is 5.56 Å². The fraction of sp³-hybridized carbons (Fsp3) is 0.375. The lowest BCUT2D eigenvalue weighted by Crippen LogP contribution is -2.24. The van der Waals surface area contributed by atoms with Crippen LogP contribution in [0.3, 0.4) is 0 Å². The minimum atomic E-state index is -0.0171. The Labute approximate surface area is 126 Å². The highest BCUT2D eigenvalue weighted by Gasteiger charge is 2.21. The zero-order chi connectivity index (χ0) is 15.0. The zero-order valence-electron chi connectivity index (χ0n) is 12.4. The van der Waals surface area contributed by atoms with Crippen molar-refractivity contribution in [1.82, 2.24) is 9.55 Å². The van der Waals surface area contributed by atoms with E-state index in [9.17, 15) is 4.79 Å². The molecule has 1 unspecified atom stereocenters.